The van der Waals surface area contributed by atoms with Gasteiger partial charge in [-0.05, 0) is 68.3 Å². The monoisotopic (exact) mass is 389 g/mol. The van der Waals surface area contributed by atoms with Crippen molar-refractivity contribution in [2.45, 2.75) is 25.8 Å². The standard InChI is InChI=1S/C21H19N5OS/c1-13-4-11-18(28-13)17-3-2-12-26-19(17)24-21(25-26)23-16-7-5-14(6-8-16)20(27)22-15-9-10-15/h2-8,11-12,15H,9-10H2,1H3,(H,22,27)(H,23,25). The Kier molecular flexibility index (Phi) is 4.09. The maximum absolute atomic E-state index is 12.1. The highest BCUT2D eigenvalue weighted by atomic mass is 32.1. The lowest BCUT2D eigenvalue weighted by molar-refractivity contribution is 0.0951. The van der Waals surface area contributed by atoms with Crippen LogP contribution in [0.2, 0.25) is 0 Å². The van der Waals surface area contributed by atoms with Crippen molar-refractivity contribution >= 4 is 34.5 Å². The van der Waals surface area contributed by atoms with Crippen LogP contribution in [0.5, 0.6) is 0 Å². The van der Waals surface area contributed by atoms with Crippen molar-refractivity contribution in [3.05, 3.63) is 65.2 Å². The number of aryl methyl sites for hydroxylation is 1. The molecule has 0 radical (unpaired) electrons. The fraction of sp³-hybridized carbons (Fsp3) is 0.190. The smallest absolute Gasteiger partial charge is 0.251 e. The first-order chi connectivity index (χ1) is 13.7. The molecule has 3 heterocycles. The van der Waals surface area contributed by atoms with Gasteiger partial charge >= 0.3 is 0 Å². The number of hydrogen-bond acceptors (Lipinski definition) is 5. The lowest BCUT2D eigenvalue weighted by Gasteiger charge is -2.05. The van der Waals surface area contributed by atoms with Crippen molar-refractivity contribution in [2.24, 2.45) is 0 Å². The van der Waals surface area contributed by atoms with Gasteiger partial charge in [-0.2, -0.15) is 4.98 Å². The van der Waals surface area contributed by atoms with E-state index in [2.05, 4.69) is 45.8 Å². The van der Waals surface area contributed by atoms with Crippen LogP contribution in [-0.2, 0) is 0 Å². The number of aromatic nitrogens is 3. The zero-order valence-electron chi connectivity index (χ0n) is 15.3. The number of hydrogen-bond donors (Lipinski definition) is 2. The number of nitrogens with zero attached hydrogens (tertiary/aromatic N) is 3. The van der Waals surface area contributed by atoms with Gasteiger partial charge in [-0.1, -0.05) is 0 Å². The SMILES string of the molecule is Cc1ccc(-c2cccn3nc(Nc4ccc(C(=O)NC5CC5)cc4)nc23)s1. The van der Waals surface area contributed by atoms with Gasteiger partial charge in [-0.15, -0.1) is 16.4 Å². The van der Waals surface area contributed by atoms with Gasteiger partial charge in [0.1, 0.15) is 0 Å². The lowest BCUT2D eigenvalue weighted by atomic mass is 10.2. The molecular weight excluding hydrogens is 370 g/mol. The highest BCUT2D eigenvalue weighted by Gasteiger charge is 2.23. The van der Waals surface area contributed by atoms with Crippen LogP contribution in [0.1, 0.15) is 28.1 Å². The Labute approximate surface area is 166 Å². The molecule has 0 aliphatic heterocycles. The summed E-state index contributed by atoms with van der Waals surface area (Å²) in [6, 6.07) is 16.0. The summed E-state index contributed by atoms with van der Waals surface area (Å²) in [5.41, 5.74) is 3.38. The molecule has 5 rings (SSSR count). The van der Waals surface area contributed by atoms with Gasteiger partial charge in [0.25, 0.3) is 5.91 Å². The second kappa shape index (κ2) is 6.76. The lowest BCUT2D eigenvalue weighted by Crippen LogP contribution is -2.25. The number of carbonyl (C=O) groups is 1. The summed E-state index contributed by atoms with van der Waals surface area (Å²) in [6.45, 7) is 2.10. The zero-order valence-corrected chi connectivity index (χ0v) is 16.2. The molecule has 1 amide bonds. The van der Waals surface area contributed by atoms with Crippen LogP contribution in [0.4, 0.5) is 11.6 Å². The van der Waals surface area contributed by atoms with E-state index in [1.54, 1.807) is 15.9 Å². The number of rotatable bonds is 5. The summed E-state index contributed by atoms with van der Waals surface area (Å²) in [6.07, 6.45) is 4.05. The Balaban J connectivity index is 1.38. The van der Waals surface area contributed by atoms with Crippen LogP contribution >= 0.6 is 11.3 Å². The molecule has 28 heavy (non-hydrogen) atoms. The molecule has 0 saturated heterocycles. The summed E-state index contributed by atoms with van der Waals surface area (Å²) in [5, 5.41) is 10.7. The van der Waals surface area contributed by atoms with Crippen LogP contribution in [0.15, 0.2) is 54.7 Å². The van der Waals surface area contributed by atoms with Crippen molar-refractivity contribution in [2.75, 3.05) is 5.32 Å². The van der Waals surface area contributed by atoms with E-state index < -0.39 is 0 Å². The van der Waals surface area contributed by atoms with E-state index in [1.165, 1.54) is 9.75 Å². The van der Waals surface area contributed by atoms with Crippen LogP contribution in [0.3, 0.4) is 0 Å². The average molecular weight is 389 g/mol. The summed E-state index contributed by atoms with van der Waals surface area (Å²) < 4.78 is 1.78. The summed E-state index contributed by atoms with van der Waals surface area (Å²) in [4.78, 5) is 19.2. The Bertz CT molecular complexity index is 1160. The van der Waals surface area contributed by atoms with E-state index >= 15 is 0 Å². The first kappa shape index (κ1) is 16.9. The average Bonchev–Trinajstić information content (AvgIpc) is 3.24. The molecule has 7 heteroatoms. The van der Waals surface area contributed by atoms with E-state index in [4.69, 9.17) is 0 Å². The fourth-order valence-corrected chi connectivity index (χ4v) is 3.95. The molecule has 2 N–H and O–H groups in total. The van der Waals surface area contributed by atoms with Gasteiger partial charge in [0.15, 0.2) is 5.65 Å². The third kappa shape index (κ3) is 3.36. The second-order valence-electron chi connectivity index (χ2n) is 6.99. The number of fused-ring (bicyclic) bond motifs is 1. The minimum Gasteiger partial charge on any atom is -0.349 e. The number of carbonyl (C=O) groups excluding carboxylic acids is 1. The highest BCUT2D eigenvalue weighted by molar-refractivity contribution is 7.15. The molecule has 0 atom stereocenters. The van der Waals surface area contributed by atoms with E-state index in [9.17, 15) is 4.79 Å². The first-order valence-corrected chi connectivity index (χ1v) is 10.1. The normalized spacial score (nSPS) is 13.6. The third-order valence-electron chi connectivity index (χ3n) is 4.68. The van der Waals surface area contributed by atoms with E-state index in [1.807, 2.05) is 36.5 Å². The number of thiophene rings is 1. The van der Waals surface area contributed by atoms with Crippen molar-refractivity contribution in [3.63, 3.8) is 0 Å². The third-order valence-corrected chi connectivity index (χ3v) is 5.72. The van der Waals surface area contributed by atoms with E-state index in [-0.39, 0.29) is 5.91 Å². The van der Waals surface area contributed by atoms with Gasteiger partial charge in [-0.25, -0.2) is 4.52 Å². The first-order valence-electron chi connectivity index (χ1n) is 9.26. The van der Waals surface area contributed by atoms with Crippen molar-refractivity contribution < 1.29 is 4.79 Å². The summed E-state index contributed by atoms with van der Waals surface area (Å²) in [7, 11) is 0. The van der Waals surface area contributed by atoms with Gasteiger partial charge in [0.2, 0.25) is 5.95 Å². The predicted octanol–water partition coefficient (Wildman–Crippen LogP) is 4.40. The molecular formula is C21H19N5OS. The quantitative estimate of drug-likeness (QED) is 0.531. The Morgan fingerprint density at radius 3 is 2.68 bits per heavy atom. The van der Waals surface area contributed by atoms with Gasteiger partial charge in [0.05, 0.1) is 0 Å². The number of pyridine rings is 1. The van der Waals surface area contributed by atoms with Crippen molar-refractivity contribution in [1.29, 1.82) is 0 Å². The molecule has 1 aromatic carbocycles. The molecule has 140 valence electrons. The number of benzene rings is 1. The molecule has 1 saturated carbocycles. The molecule has 1 aliphatic rings. The molecule has 0 bridgehead atoms. The van der Waals surface area contributed by atoms with Gasteiger partial charge < -0.3 is 10.6 Å². The van der Waals surface area contributed by atoms with Gasteiger partial charge in [0, 0.05) is 38.8 Å². The zero-order chi connectivity index (χ0) is 19.1. The molecule has 1 fully saturated rings. The minimum absolute atomic E-state index is 0.0178. The number of nitrogens with one attached hydrogen (secondary N) is 2. The predicted molar refractivity (Wildman–Crippen MR) is 111 cm³/mol. The van der Waals surface area contributed by atoms with E-state index in [0.29, 0.717) is 17.6 Å². The fourth-order valence-electron chi connectivity index (χ4n) is 3.06. The van der Waals surface area contributed by atoms with Gasteiger partial charge in [-0.3, -0.25) is 4.79 Å². The maximum Gasteiger partial charge on any atom is 0.251 e. The molecule has 4 aromatic rings. The molecule has 6 nitrogen and oxygen atoms in total. The Hall–Kier alpha value is -3.19. The molecule has 3 aromatic heterocycles. The number of anilines is 2. The largest absolute Gasteiger partial charge is 0.349 e. The molecule has 0 spiro atoms. The maximum atomic E-state index is 12.1. The van der Waals surface area contributed by atoms with E-state index in [0.717, 1.165) is 29.7 Å². The summed E-state index contributed by atoms with van der Waals surface area (Å²) >= 11 is 1.74. The highest BCUT2D eigenvalue weighted by Crippen LogP contribution is 2.30. The summed E-state index contributed by atoms with van der Waals surface area (Å²) in [5.74, 6) is 0.506. The molecule has 1 aliphatic carbocycles. The number of amides is 1. The van der Waals surface area contributed by atoms with Crippen molar-refractivity contribution in [1.82, 2.24) is 19.9 Å². The topological polar surface area (TPSA) is 71.3 Å². The van der Waals surface area contributed by atoms with Crippen LogP contribution in [0.25, 0.3) is 16.1 Å². The van der Waals surface area contributed by atoms with Crippen LogP contribution < -0.4 is 10.6 Å². The Morgan fingerprint density at radius 1 is 1.14 bits per heavy atom. The van der Waals surface area contributed by atoms with Crippen molar-refractivity contribution in [3.8, 4) is 10.4 Å². The van der Waals surface area contributed by atoms with Crippen LogP contribution in [0, 0.1) is 6.92 Å². The minimum atomic E-state index is -0.0178. The molecule has 0 unspecified atom stereocenters. The van der Waals surface area contributed by atoms with Crippen LogP contribution in [-0.4, -0.2) is 26.5 Å². The Morgan fingerprint density at radius 2 is 1.96 bits per heavy atom. The second-order valence-corrected chi connectivity index (χ2v) is 8.27.